The summed E-state index contributed by atoms with van der Waals surface area (Å²) in [5.74, 6) is 1.40. The van der Waals surface area contributed by atoms with Gasteiger partial charge in [-0.25, -0.2) is 0 Å². The highest BCUT2D eigenvalue weighted by molar-refractivity contribution is 5.52. The normalized spacial score (nSPS) is 20.4. The van der Waals surface area contributed by atoms with E-state index < -0.39 is 0 Å². The van der Waals surface area contributed by atoms with Gasteiger partial charge in [-0.15, -0.1) is 0 Å². The number of nitrogen functional groups attached to an aromatic ring is 1. The van der Waals surface area contributed by atoms with Gasteiger partial charge in [0.1, 0.15) is 6.10 Å². The number of hydrogen-bond donors (Lipinski definition) is 1. The van der Waals surface area contributed by atoms with Crippen LogP contribution in [-0.4, -0.2) is 26.4 Å². The molecule has 0 saturated carbocycles. The van der Waals surface area contributed by atoms with Crippen LogP contribution >= 0.6 is 0 Å². The van der Waals surface area contributed by atoms with Crippen molar-refractivity contribution in [2.24, 2.45) is 0 Å². The Bertz CT molecular complexity index is 348. The van der Waals surface area contributed by atoms with E-state index >= 15 is 0 Å². The maximum absolute atomic E-state index is 5.83. The van der Waals surface area contributed by atoms with Gasteiger partial charge in [-0.3, -0.25) is 0 Å². The van der Waals surface area contributed by atoms with Crippen LogP contribution in [0.4, 0.5) is 5.69 Å². The summed E-state index contributed by atoms with van der Waals surface area (Å²) in [7, 11) is 1.62. The lowest BCUT2D eigenvalue weighted by atomic mass is 10.2. The second kappa shape index (κ2) is 5.07. The van der Waals surface area contributed by atoms with Gasteiger partial charge in [-0.1, -0.05) is 0 Å². The van der Waals surface area contributed by atoms with E-state index in [1.54, 1.807) is 19.2 Å². The van der Waals surface area contributed by atoms with Gasteiger partial charge in [0.05, 0.1) is 13.7 Å². The number of ether oxygens (including phenoxy) is 3. The van der Waals surface area contributed by atoms with Crippen LogP contribution in [-0.2, 0) is 4.74 Å². The largest absolute Gasteiger partial charge is 0.493 e. The van der Waals surface area contributed by atoms with Gasteiger partial charge in [-0.05, 0) is 25.0 Å². The Balaban J connectivity index is 2.09. The molecule has 1 aromatic rings. The van der Waals surface area contributed by atoms with Crippen molar-refractivity contribution in [2.75, 3.05) is 26.1 Å². The van der Waals surface area contributed by atoms with Crippen molar-refractivity contribution >= 4 is 5.69 Å². The molecule has 2 rings (SSSR count). The summed E-state index contributed by atoms with van der Waals surface area (Å²) < 4.78 is 16.4. The molecule has 0 aromatic heterocycles. The lowest BCUT2D eigenvalue weighted by Crippen LogP contribution is -2.28. The fourth-order valence-corrected chi connectivity index (χ4v) is 1.77. The molecule has 1 aromatic carbocycles. The highest BCUT2D eigenvalue weighted by atomic mass is 16.5. The molecule has 1 fully saturated rings. The minimum Gasteiger partial charge on any atom is -0.493 e. The lowest BCUT2D eigenvalue weighted by Gasteiger charge is -2.24. The highest BCUT2D eigenvalue weighted by Crippen LogP contribution is 2.30. The lowest BCUT2D eigenvalue weighted by molar-refractivity contribution is 0.00647. The number of hydrogen-bond acceptors (Lipinski definition) is 4. The molecular weight excluding hydrogens is 206 g/mol. The molecule has 0 radical (unpaired) electrons. The number of nitrogens with two attached hydrogens (primary N) is 1. The SMILES string of the molecule is COc1ccc(N)cc1OC1CCCOC1. The number of anilines is 1. The van der Waals surface area contributed by atoms with Crippen LogP contribution < -0.4 is 15.2 Å². The van der Waals surface area contributed by atoms with Crippen LogP contribution in [0.1, 0.15) is 12.8 Å². The molecule has 0 spiro atoms. The van der Waals surface area contributed by atoms with Crippen LogP contribution in [0.25, 0.3) is 0 Å². The Morgan fingerprint density at radius 1 is 1.38 bits per heavy atom. The summed E-state index contributed by atoms with van der Waals surface area (Å²) in [6.45, 7) is 1.46. The van der Waals surface area contributed by atoms with E-state index in [2.05, 4.69) is 0 Å². The van der Waals surface area contributed by atoms with E-state index in [0.717, 1.165) is 19.4 Å². The number of methoxy groups -OCH3 is 1. The van der Waals surface area contributed by atoms with Crippen LogP contribution in [0.5, 0.6) is 11.5 Å². The van der Waals surface area contributed by atoms with Crippen molar-refractivity contribution in [3.8, 4) is 11.5 Å². The van der Waals surface area contributed by atoms with Gasteiger partial charge in [-0.2, -0.15) is 0 Å². The third-order valence-electron chi connectivity index (χ3n) is 2.60. The van der Waals surface area contributed by atoms with Crippen molar-refractivity contribution < 1.29 is 14.2 Å². The van der Waals surface area contributed by atoms with Gasteiger partial charge in [0.2, 0.25) is 0 Å². The minimum atomic E-state index is 0.101. The predicted molar refractivity (Wildman–Crippen MR) is 61.9 cm³/mol. The Kier molecular flexibility index (Phi) is 3.51. The van der Waals surface area contributed by atoms with Gasteiger partial charge < -0.3 is 19.9 Å². The first-order valence-electron chi connectivity index (χ1n) is 5.47. The average Bonchev–Trinajstić information content (AvgIpc) is 2.31. The zero-order valence-corrected chi connectivity index (χ0v) is 9.44. The Morgan fingerprint density at radius 3 is 2.94 bits per heavy atom. The summed E-state index contributed by atoms with van der Waals surface area (Å²) in [6, 6.07) is 5.39. The molecule has 4 nitrogen and oxygen atoms in total. The molecular formula is C12H17NO3. The second-order valence-electron chi connectivity index (χ2n) is 3.87. The Hall–Kier alpha value is -1.42. The summed E-state index contributed by atoms with van der Waals surface area (Å²) in [6.07, 6.45) is 2.15. The predicted octanol–water partition coefficient (Wildman–Crippen LogP) is 1.84. The molecule has 1 aliphatic rings. The van der Waals surface area contributed by atoms with Crippen LogP contribution in [0.15, 0.2) is 18.2 Å². The van der Waals surface area contributed by atoms with Gasteiger partial charge in [0.15, 0.2) is 11.5 Å². The number of benzene rings is 1. The van der Waals surface area contributed by atoms with Crippen LogP contribution in [0, 0.1) is 0 Å². The van der Waals surface area contributed by atoms with Crippen LogP contribution in [0.2, 0.25) is 0 Å². The van der Waals surface area contributed by atoms with Crippen molar-refractivity contribution in [1.29, 1.82) is 0 Å². The monoisotopic (exact) mass is 223 g/mol. The molecule has 0 amide bonds. The molecule has 2 N–H and O–H groups in total. The van der Waals surface area contributed by atoms with E-state index in [0.29, 0.717) is 23.8 Å². The van der Waals surface area contributed by atoms with Crippen molar-refractivity contribution in [2.45, 2.75) is 18.9 Å². The molecule has 0 aliphatic carbocycles. The molecule has 1 saturated heterocycles. The molecule has 1 heterocycles. The van der Waals surface area contributed by atoms with E-state index in [1.807, 2.05) is 6.07 Å². The third kappa shape index (κ3) is 2.58. The number of rotatable bonds is 3. The first-order chi connectivity index (χ1) is 7.79. The van der Waals surface area contributed by atoms with Gasteiger partial charge >= 0.3 is 0 Å². The average molecular weight is 223 g/mol. The van der Waals surface area contributed by atoms with Crippen molar-refractivity contribution in [1.82, 2.24) is 0 Å². The maximum atomic E-state index is 5.83. The van der Waals surface area contributed by atoms with E-state index in [9.17, 15) is 0 Å². The second-order valence-corrected chi connectivity index (χ2v) is 3.87. The molecule has 1 atom stereocenters. The third-order valence-corrected chi connectivity index (χ3v) is 2.60. The first kappa shape index (κ1) is 11.1. The summed E-state index contributed by atoms with van der Waals surface area (Å²) >= 11 is 0. The highest BCUT2D eigenvalue weighted by Gasteiger charge is 2.17. The smallest absolute Gasteiger partial charge is 0.163 e. The topological polar surface area (TPSA) is 53.7 Å². The van der Waals surface area contributed by atoms with E-state index in [1.165, 1.54) is 0 Å². The summed E-state index contributed by atoms with van der Waals surface area (Å²) in [4.78, 5) is 0. The Labute approximate surface area is 95.3 Å². The molecule has 88 valence electrons. The van der Waals surface area contributed by atoms with Gasteiger partial charge in [0, 0.05) is 18.4 Å². The zero-order valence-electron chi connectivity index (χ0n) is 9.44. The summed E-state index contributed by atoms with van der Waals surface area (Å²) in [5, 5.41) is 0. The maximum Gasteiger partial charge on any atom is 0.163 e. The van der Waals surface area contributed by atoms with E-state index in [4.69, 9.17) is 19.9 Å². The fraction of sp³-hybridized carbons (Fsp3) is 0.500. The standard InChI is InChI=1S/C12H17NO3/c1-14-11-5-4-9(13)7-12(11)16-10-3-2-6-15-8-10/h4-5,7,10H,2-3,6,8,13H2,1H3. The molecule has 1 aliphatic heterocycles. The van der Waals surface area contributed by atoms with Crippen molar-refractivity contribution in [3.63, 3.8) is 0 Å². The molecule has 16 heavy (non-hydrogen) atoms. The van der Waals surface area contributed by atoms with Crippen molar-refractivity contribution in [3.05, 3.63) is 18.2 Å². The molecule has 4 heteroatoms. The Morgan fingerprint density at radius 2 is 2.25 bits per heavy atom. The van der Waals surface area contributed by atoms with Gasteiger partial charge in [0.25, 0.3) is 0 Å². The fourth-order valence-electron chi connectivity index (χ4n) is 1.77. The quantitative estimate of drug-likeness (QED) is 0.794. The minimum absolute atomic E-state index is 0.101. The first-order valence-corrected chi connectivity index (χ1v) is 5.47. The molecule has 0 bridgehead atoms. The molecule has 1 unspecified atom stereocenters. The summed E-state index contributed by atoms with van der Waals surface area (Å²) in [5.41, 5.74) is 6.39. The van der Waals surface area contributed by atoms with E-state index in [-0.39, 0.29) is 6.10 Å². The zero-order chi connectivity index (χ0) is 11.4. The van der Waals surface area contributed by atoms with Crippen LogP contribution in [0.3, 0.4) is 0 Å².